The van der Waals surface area contributed by atoms with Gasteiger partial charge >= 0.3 is 0 Å². The Hall–Kier alpha value is -2.28. The molecule has 0 atom stereocenters. The van der Waals surface area contributed by atoms with E-state index in [1.807, 2.05) is 5.38 Å². The van der Waals surface area contributed by atoms with Gasteiger partial charge in [0, 0.05) is 16.5 Å². The monoisotopic (exact) mass is 435 g/mol. The highest BCUT2D eigenvalue weighted by molar-refractivity contribution is 7.14. The molecule has 1 N–H and O–H groups in total. The van der Waals surface area contributed by atoms with Gasteiger partial charge in [-0.05, 0) is 25.5 Å². The van der Waals surface area contributed by atoms with Crippen molar-refractivity contribution in [1.82, 2.24) is 4.98 Å². The normalized spacial score (nSPS) is 11.1. The lowest BCUT2D eigenvalue weighted by atomic mass is 10.0. The Bertz CT molecular complexity index is 1030. The molecule has 3 aromatic rings. The largest absolute Gasteiger partial charge is 0.494 e. The molecular weight excluding hydrogens is 417 g/mol. The fourth-order valence-corrected chi connectivity index (χ4v) is 4.16. The fraction of sp³-hybridized carbons (Fsp3) is 0.200. The minimum Gasteiger partial charge on any atom is -0.494 e. The minimum atomic E-state index is 0.297. The van der Waals surface area contributed by atoms with Crippen LogP contribution in [0.4, 0.5) is 5.13 Å². The number of anilines is 1. The van der Waals surface area contributed by atoms with Crippen molar-refractivity contribution in [2.75, 3.05) is 19.6 Å². The third kappa shape index (κ3) is 4.24. The van der Waals surface area contributed by atoms with Crippen LogP contribution in [0.15, 0.2) is 34.7 Å². The molecule has 28 heavy (non-hydrogen) atoms. The molecule has 0 aliphatic carbocycles. The average Bonchev–Trinajstić information content (AvgIpc) is 3.10. The van der Waals surface area contributed by atoms with Crippen molar-refractivity contribution in [1.29, 1.82) is 0 Å². The Morgan fingerprint density at radius 3 is 2.54 bits per heavy atom. The molecule has 146 valence electrons. The van der Waals surface area contributed by atoms with Gasteiger partial charge in [0.05, 0.1) is 31.2 Å². The van der Waals surface area contributed by atoms with Crippen LogP contribution in [0.5, 0.6) is 11.5 Å². The fourth-order valence-electron chi connectivity index (χ4n) is 2.80. The van der Waals surface area contributed by atoms with Crippen LogP contribution in [0.25, 0.3) is 11.3 Å². The van der Waals surface area contributed by atoms with Crippen molar-refractivity contribution in [2.45, 2.75) is 13.8 Å². The number of rotatable bonds is 6. The zero-order valence-electron chi connectivity index (χ0n) is 15.8. The van der Waals surface area contributed by atoms with Gasteiger partial charge in [-0.1, -0.05) is 47.0 Å². The van der Waals surface area contributed by atoms with Crippen LogP contribution in [0.2, 0.25) is 10.0 Å². The van der Waals surface area contributed by atoms with E-state index in [0.717, 1.165) is 11.3 Å². The predicted octanol–water partition coefficient (Wildman–Crippen LogP) is 6.20. The van der Waals surface area contributed by atoms with E-state index in [1.54, 1.807) is 12.3 Å². The number of methoxy groups -OCH3 is 2. The van der Waals surface area contributed by atoms with E-state index in [2.05, 4.69) is 47.6 Å². The molecule has 0 radical (unpaired) electrons. The molecule has 0 amide bonds. The minimum absolute atomic E-state index is 0.297. The summed E-state index contributed by atoms with van der Waals surface area (Å²) >= 11 is 14.0. The number of nitrogens with one attached hydrogen (secondary N) is 1. The summed E-state index contributed by atoms with van der Waals surface area (Å²) in [4.78, 5) is 4.60. The molecule has 0 spiro atoms. The highest BCUT2D eigenvalue weighted by Crippen LogP contribution is 2.41. The van der Waals surface area contributed by atoms with E-state index in [4.69, 9.17) is 32.7 Å². The number of nitrogens with zero attached hydrogens (tertiary/aromatic N) is 2. The van der Waals surface area contributed by atoms with Crippen LogP contribution in [-0.4, -0.2) is 25.4 Å². The maximum Gasteiger partial charge on any atom is 0.203 e. The summed E-state index contributed by atoms with van der Waals surface area (Å²) in [5.74, 6) is 0.798. The quantitative estimate of drug-likeness (QED) is 0.369. The van der Waals surface area contributed by atoms with E-state index in [0.29, 0.717) is 32.2 Å². The topological polar surface area (TPSA) is 55.7 Å². The summed E-state index contributed by atoms with van der Waals surface area (Å²) in [6.45, 7) is 4.15. The van der Waals surface area contributed by atoms with E-state index < -0.39 is 0 Å². The summed E-state index contributed by atoms with van der Waals surface area (Å²) in [5.41, 5.74) is 7.99. The number of halogens is 2. The van der Waals surface area contributed by atoms with Gasteiger partial charge in [0.25, 0.3) is 0 Å². The maximum atomic E-state index is 6.29. The highest BCUT2D eigenvalue weighted by Gasteiger charge is 2.16. The molecule has 1 aromatic heterocycles. The Balaban J connectivity index is 1.80. The first-order valence-corrected chi connectivity index (χ1v) is 10.00. The summed E-state index contributed by atoms with van der Waals surface area (Å²) in [6, 6.07) is 7.98. The summed E-state index contributed by atoms with van der Waals surface area (Å²) in [6.07, 6.45) is 1.58. The molecule has 0 saturated heterocycles. The van der Waals surface area contributed by atoms with Gasteiger partial charge < -0.3 is 9.47 Å². The first-order valence-electron chi connectivity index (χ1n) is 8.36. The van der Waals surface area contributed by atoms with Crippen LogP contribution < -0.4 is 14.9 Å². The molecular formula is C20H19Cl2N3O2S. The third-order valence-electron chi connectivity index (χ3n) is 4.09. The number of aromatic nitrogens is 1. The van der Waals surface area contributed by atoms with Crippen LogP contribution >= 0.6 is 34.5 Å². The molecule has 0 aliphatic rings. The number of hydrazone groups is 1. The van der Waals surface area contributed by atoms with Crippen molar-refractivity contribution in [2.24, 2.45) is 5.10 Å². The van der Waals surface area contributed by atoms with Gasteiger partial charge in [-0.25, -0.2) is 4.98 Å². The van der Waals surface area contributed by atoms with E-state index in [-0.39, 0.29) is 0 Å². The second-order valence-electron chi connectivity index (χ2n) is 6.05. The van der Waals surface area contributed by atoms with E-state index >= 15 is 0 Å². The lowest BCUT2D eigenvalue weighted by Crippen LogP contribution is -1.97. The van der Waals surface area contributed by atoms with Crippen LogP contribution in [-0.2, 0) is 0 Å². The van der Waals surface area contributed by atoms with Gasteiger partial charge in [0.2, 0.25) is 5.13 Å². The molecule has 0 saturated carbocycles. The number of ether oxygens (including phenoxy) is 2. The number of aryl methyl sites for hydroxylation is 2. The van der Waals surface area contributed by atoms with Crippen LogP contribution in [0, 0.1) is 13.8 Å². The van der Waals surface area contributed by atoms with E-state index in [1.165, 1.54) is 36.7 Å². The SMILES string of the molecule is COc1c(Cl)cc(/C=N\Nc2nc(-c3ccc(C)cc3C)cs2)c(OC)c1Cl. The number of hydrogen-bond acceptors (Lipinski definition) is 6. The lowest BCUT2D eigenvalue weighted by molar-refractivity contribution is 0.394. The van der Waals surface area contributed by atoms with Crippen molar-refractivity contribution in [3.63, 3.8) is 0 Å². The molecule has 0 unspecified atom stereocenters. The zero-order valence-corrected chi connectivity index (χ0v) is 18.2. The van der Waals surface area contributed by atoms with Gasteiger partial charge in [0.15, 0.2) is 5.75 Å². The summed E-state index contributed by atoms with van der Waals surface area (Å²) < 4.78 is 10.6. The molecule has 8 heteroatoms. The third-order valence-corrected chi connectivity index (χ3v) is 5.47. The Morgan fingerprint density at radius 1 is 1.11 bits per heavy atom. The van der Waals surface area contributed by atoms with Crippen molar-refractivity contribution < 1.29 is 9.47 Å². The van der Waals surface area contributed by atoms with Crippen LogP contribution in [0.3, 0.4) is 0 Å². The molecule has 1 heterocycles. The average molecular weight is 436 g/mol. The van der Waals surface area contributed by atoms with Gasteiger partial charge in [-0.3, -0.25) is 5.43 Å². The van der Waals surface area contributed by atoms with E-state index in [9.17, 15) is 0 Å². The van der Waals surface area contributed by atoms with Crippen LogP contribution in [0.1, 0.15) is 16.7 Å². The first-order chi connectivity index (χ1) is 13.4. The molecule has 0 fully saturated rings. The standard InChI is InChI=1S/C20H19Cl2N3O2S/c1-11-5-6-14(12(2)7-11)16-10-28-20(24-16)25-23-9-13-8-15(21)19(27-4)17(22)18(13)26-3/h5-10H,1-4H3,(H,24,25)/b23-9-. The van der Waals surface area contributed by atoms with Gasteiger partial charge in [-0.15, -0.1) is 11.3 Å². The van der Waals surface area contributed by atoms with Crippen molar-refractivity contribution >= 4 is 45.9 Å². The zero-order chi connectivity index (χ0) is 20.3. The van der Waals surface area contributed by atoms with Crippen molar-refractivity contribution in [3.05, 3.63) is 56.4 Å². The Morgan fingerprint density at radius 2 is 1.86 bits per heavy atom. The molecule has 0 aliphatic heterocycles. The summed E-state index contributed by atoms with van der Waals surface area (Å²) in [5, 5.41) is 7.58. The smallest absolute Gasteiger partial charge is 0.203 e. The lowest BCUT2D eigenvalue weighted by Gasteiger charge is -2.12. The second-order valence-corrected chi connectivity index (χ2v) is 7.70. The first kappa shape index (κ1) is 20.5. The molecule has 5 nitrogen and oxygen atoms in total. The number of hydrogen-bond donors (Lipinski definition) is 1. The molecule has 2 aromatic carbocycles. The molecule has 0 bridgehead atoms. The number of benzene rings is 2. The highest BCUT2D eigenvalue weighted by atomic mass is 35.5. The predicted molar refractivity (Wildman–Crippen MR) is 118 cm³/mol. The Kier molecular flexibility index (Phi) is 6.44. The number of thiazole rings is 1. The molecule has 3 rings (SSSR count). The second kappa shape index (κ2) is 8.82. The van der Waals surface area contributed by atoms with Gasteiger partial charge in [0.1, 0.15) is 10.8 Å². The van der Waals surface area contributed by atoms with Gasteiger partial charge in [-0.2, -0.15) is 5.10 Å². The Labute approximate surface area is 177 Å². The summed E-state index contributed by atoms with van der Waals surface area (Å²) in [7, 11) is 3.02. The van der Waals surface area contributed by atoms with Crippen molar-refractivity contribution in [3.8, 4) is 22.8 Å². The maximum absolute atomic E-state index is 6.29.